The molecule has 0 saturated carbocycles. The van der Waals surface area contributed by atoms with Crippen molar-refractivity contribution in [2.24, 2.45) is 10.4 Å². The molecule has 22 heavy (non-hydrogen) atoms. The molecule has 126 valence electrons. The van der Waals surface area contributed by atoms with Gasteiger partial charge in [0.2, 0.25) is 11.8 Å². The van der Waals surface area contributed by atoms with Crippen molar-refractivity contribution in [1.82, 2.24) is 20.4 Å². The highest BCUT2D eigenvalue weighted by Gasteiger charge is 2.27. The van der Waals surface area contributed by atoms with Crippen LogP contribution in [0.4, 0.5) is 0 Å². The number of nitrogens with one attached hydrogen (secondary N) is 2. The molecule has 1 fully saturated rings. The Kier molecular flexibility index (Phi) is 6.64. The molecule has 1 aliphatic heterocycles. The van der Waals surface area contributed by atoms with Gasteiger partial charge in [0.1, 0.15) is 0 Å². The summed E-state index contributed by atoms with van der Waals surface area (Å²) in [6.45, 7) is 11.5. The first-order valence-electron chi connectivity index (χ1n) is 7.82. The Morgan fingerprint density at radius 2 is 1.68 bits per heavy atom. The zero-order chi connectivity index (χ0) is 16.8. The average Bonchev–Trinajstić information content (AvgIpc) is 2.50. The first-order valence-corrected chi connectivity index (χ1v) is 7.82. The third-order valence-electron chi connectivity index (χ3n) is 3.83. The van der Waals surface area contributed by atoms with E-state index in [1.807, 2.05) is 25.7 Å². The summed E-state index contributed by atoms with van der Waals surface area (Å²) >= 11 is 0. The van der Waals surface area contributed by atoms with Crippen molar-refractivity contribution in [2.75, 3.05) is 46.3 Å². The summed E-state index contributed by atoms with van der Waals surface area (Å²) in [4.78, 5) is 31.8. The molecule has 7 nitrogen and oxygen atoms in total. The van der Waals surface area contributed by atoms with Crippen molar-refractivity contribution >= 4 is 17.8 Å². The third-order valence-corrected chi connectivity index (χ3v) is 3.83. The van der Waals surface area contributed by atoms with E-state index < -0.39 is 5.41 Å². The highest BCUT2D eigenvalue weighted by molar-refractivity contribution is 5.83. The number of rotatable bonds is 4. The van der Waals surface area contributed by atoms with E-state index >= 15 is 0 Å². The fourth-order valence-corrected chi connectivity index (χ4v) is 2.34. The molecule has 7 heteroatoms. The number of guanidine groups is 1. The van der Waals surface area contributed by atoms with E-state index in [4.69, 9.17) is 0 Å². The van der Waals surface area contributed by atoms with Gasteiger partial charge >= 0.3 is 0 Å². The van der Waals surface area contributed by atoms with Crippen LogP contribution < -0.4 is 10.6 Å². The molecule has 2 N–H and O–H groups in total. The Labute approximate surface area is 133 Å². The van der Waals surface area contributed by atoms with Crippen LogP contribution in [0.2, 0.25) is 0 Å². The molecule has 1 aliphatic rings. The van der Waals surface area contributed by atoms with Gasteiger partial charge in [-0.15, -0.1) is 0 Å². The second-order valence-electron chi connectivity index (χ2n) is 6.13. The van der Waals surface area contributed by atoms with Crippen LogP contribution in [0.15, 0.2) is 4.99 Å². The average molecular weight is 311 g/mol. The fourth-order valence-electron chi connectivity index (χ4n) is 2.34. The van der Waals surface area contributed by atoms with Crippen LogP contribution in [-0.4, -0.2) is 73.9 Å². The van der Waals surface area contributed by atoms with Gasteiger partial charge in [-0.1, -0.05) is 0 Å². The SMILES string of the molecule is CCNC(=NCC(C)(C)C(=O)NC)N1CCN(C(C)=O)CC1. The summed E-state index contributed by atoms with van der Waals surface area (Å²) < 4.78 is 0. The number of amides is 2. The number of aliphatic imine (C=N–C) groups is 1. The Hall–Kier alpha value is -1.79. The second-order valence-corrected chi connectivity index (χ2v) is 6.13. The van der Waals surface area contributed by atoms with Crippen LogP contribution >= 0.6 is 0 Å². The minimum Gasteiger partial charge on any atom is -0.359 e. The Balaban J connectivity index is 2.71. The van der Waals surface area contributed by atoms with Gasteiger partial charge in [-0.3, -0.25) is 14.6 Å². The van der Waals surface area contributed by atoms with E-state index in [0.717, 1.165) is 25.6 Å². The molecule has 0 atom stereocenters. The van der Waals surface area contributed by atoms with Gasteiger partial charge in [-0.2, -0.15) is 0 Å². The van der Waals surface area contributed by atoms with Crippen LogP contribution in [0.25, 0.3) is 0 Å². The van der Waals surface area contributed by atoms with Crippen molar-refractivity contribution < 1.29 is 9.59 Å². The number of carbonyl (C=O) groups is 2. The molecule has 0 aromatic heterocycles. The largest absolute Gasteiger partial charge is 0.359 e. The standard InChI is InChI=1S/C15H29N5O2/c1-6-17-14(18-11-15(3,4)13(22)16-5)20-9-7-19(8-10-20)12(2)21/h6-11H2,1-5H3,(H,16,22)(H,17,18). The Morgan fingerprint density at radius 3 is 2.14 bits per heavy atom. The minimum absolute atomic E-state index is 0.0199. The first kappa shape index (κ1) is 18.3. The number of hydrogen-bond donors (Lipinski definition) is 2. The van der Waals surface area contributed by atoms with E-state index in [1.165, 1.54) is 0 Å². The van der Waals surface area contributed by atoms with Crippen LogP contribution in [0.5, 0.6) is 0 Å². The molecular formula is C15H29N5O2. The molecule has 0 aliphatic carbocycles. The minimum atomic E-state index is -0.545. The van der Waals surface area contributed by atoms with Crippen molar-refractivity contribution in [2.45, 2.75) is 27.7 Å². The molecule has 1 rings (SSSR count). The van der Waals surface area contributed by atoms with Gasteiger partial charge in [0, 0.05) is 46.7 Å². The second kappa shape index (κ2) is 8.00. The van der Waals surface area contributed by atoms with Crippen molar-refractivity contribution in [3.05, 3.63) is 0 Å². The van der Waals surface area contributed by atoms with Crippen LogP contribution in [-0.2, 0) is 9.59 Å². The van der Waals surface area contributed by atoms with Crippen LogP contribution in [0.3, 0.4) is 0 Å². The van der Waals surface area contributed by atoms with E-state index in [9.17, 15) is 9.59 Å². The van der Waals surface area contributed by atoms with Gasteiger partial charge in [0.05, 0.1) is 12.0 Å². The van der Waals surface area contributed by atoms with Crippen molar-refractivity contribution in [3.63, 3.8) is 0 Å². The number of piperazine rings is 1. The smallest absolute Gasteiger partial charge is 0.227 e. The number of nitrogens with zero attached hydrogens (tertiary/aromatic N) is 3. The van der Waals surface area contributed by atoms with Gasteiger partial charge in [-0.25, -0.2) is 0 Å². The van der Waals surface area contributed by atoms with Crippen LogP contribution in [0, 0.1) is 5.41 Å². The molecule has 0 radical (unpaired) electrons. The van der Waals surface area contributed by atoms with Gasteiger partial charge in [-0.05, 0) is 20.8 Å². The molecule has 1 heterocycles. The number of carbonyl (C=O) groups excluding carboxylic acids is 2. The topological polar surface area (TPSA) is 77.0 Å². The molecular weight excluding hydrogens is 282 g/mol. The van der Waals surface area contributed by atoms with Gasteiger partial charge in [0.15, 0.2) is 5.96 Å². The van der Waals surface area contributed by atoms with E-state index in [1.54, 1.807) is 14.0 Å². The molecule has 1 saturated heterocycles. The monoisotopic (exact) mass is 311 g/mol. The maximum absolute atomic E-state index is 11.8. The van der Waals surface area contributed by atoms with Crippen LogP contribution in [0.1, 0.15) is 27.7 Å². The quantitative estimate of drug-likeness (QED) is 0.561. The summed E-state index contributed by atoms with van der Waals surface area (Å²) in [6, 6.07) is 0. The maximum atomic E-state index is 11.8. The Bertz CT molecular complexity index is 426. The maximum Gasteiger partial charge on any atom is 0.227 e. The zero-order valence-electron chi connectivity index (χ0n) is 14.4. The van der Waals surface area contributed by atoms with E-state index in [-0.39, 0.29) is 11.8 Å². The summed E-state index contributed by atoms with van der Waals surface area (Å²) in [5.74, 6) is 0.901. The first-order chi connectivity index (χ1) is 10.3. The highest BCUT2D eigenvalue weighted by Crippen LogP contribution is 2.15. The van der Waals surface area contributed by atoms with Crippen molar-refractivity contribution in [1.29, 1.82) is 0 Å². The summed E-state index contributed by atoms with van der Waals surface area (Å²) in [5.41, 5.74) is -0.545. The molecule has 0 unspecified atom stereocenters. The van der Waals surface area contributed by atoms with E-state index in [0.29, 0.717) is 19.6 Å². The predicted molar refractivity (Wildman–Crippen MR) is 87.7 cm³/mol. The summed E-state index contributed by atoms with van der Waals surface area (Å²) in [6.07, 6.45) is 0. The lowest BCUT2D eigenvalue weighted by Crippen LogP contribution is -2.53. The fraction of sp³-hybridized carbons (Fsp3) is 0.800. The highest BCUT2D eigenvalue weighted by atomic mass is 16.2. The summed E-state index contributed by atoms with van der Waals surface area (Å²) in [7, 11) is 1.64. The van der Waals surface area contributed by atoms with Gasteiger partial charge < -0.3 is 20.4 Å². The molecule has 0 bridgehead atoms. The number of hydrogen-bond acceptors (Lipinski definition) is 3. The molecule has 0 aromatic carbocycles. The predicted octanol–water partition coefficient (Wildman–Crippen LogP) is -0.112. The zero-order valence-corrected chi connectivity index (χ0v) is 14.4. The normalized spacial score (nSPS) is 16.5. The lowest BCUT2D eigenvalue weighted by Gasteiger charge is -2.36. The third kappa shape index (κ3) is 4.89. The van der Waals surface area contributed by atoms with Crippen molar-refractivity contribution in [3.8, 4) is 0 Å². The molecule has 2 amide bonds. The summed E-state index contributed by atoms with van der Waals surface area (Å²) in [5, 5.41) is 5.94. The lowest BCUT2D eigenvalue weighted by molar-refractivity contribution is -0.130. The lowest BCUT2D eigenvalue weighted by atomic mass is 9.93. The van der Waals surface area contributed by atoms with Gasteiger partial charge in [0.25, 0.3) is 0 Å². The van der Waals surface area contributed by atoms with E-state index in [2.05, 4.69) is 20.5 Å². The Morgan fingerprint density at radius 1 is 1.14 bits per heavy atom. The molecule has 0 aromatic rings. The molecule has 0 spiro atoms.